The predicted molar refractivity (Wildman–Crippen MR) is 162 cm³/mol. The van der Waals surface area contributed by atoms with Crippen LogP contribution < -0.4 is 21.7 Å². The second-order valence-electron chi connectivity index (χ2n) is 10.6. The first-order chi connectivity index (χ1) is 20.6. The molecule has 0 amide bonds. The minimum Gasteiger partial charge on any atom is -0.292 e. The summed E-state index contributed by atoms with van der Waals surface area (Å²) in [5.41, 5.74) is 0.705. The van der Waals surface area contributed by atoms with E-state index in [-0.39, 0.29) is 5.69 Å². The van der Waals surface area contributed by atoms with Crippen molar-refractivity contribution in [2.24, 2.45) is 7.05 Å². The molecule has 5 nitrogen and oxygen atoms in total. The minimum absolute atomic E-state index is 0.105. The Morgan fingerprint density at radius 1 is 1.00 bits per heavy atom. The molecule has 0 fully saturated rings. The maximum atomic E-state index is 14.7. The van der Waals surface area contributed by atoms with Crippen LogP contribution in [0.4, 0.5) is 13.2 Å². The lowest BCUT2D eigenvalue weighted by molar-refractivity contribution is -0.144. The number of fused-ring (bicyclic) bond motifs is 5. The van der Waals surface area contributed by atoms with E-state index in [1.807, 2.05) is 36.4 Å². The fourth-order valence-corrected chi connectivity index (χ4v) is 7.30. The highest BCUT2D eigenvalue weighted by atomic mass is 35.5. The molecule has 2 aliphatic carbocycles. The lowest BCUT2D eigenvalue weighted by Crippen LogP contribution is -2.45. The Kier molecular flexibility index (Phi) is 6.55. The van der Waals surface area contributed by atoms with Crippen LogP contribution in [0.1, 0.15) is 41.1 Å². The maximum Gasteiger partial charge on any atom is 0.432 e. The first-order valence-corrected chi connectivity index (χ1v) is 14.9. The second-order valence-corrected chi connectivity index (χ2v) is 11.9. The average Bonchev–Trinajstić information content (AvgIpc) is 3.53. The third-order valence-electron chi connectivity index (χ3n) is 8.28. The Morgan fingerprint density at radius 3 is 2.58 bits per heavy atom. The summed E-state index contributed by atoms with van der Waals surface area (Å²) in [6.45, 7) is 0. The van der Waals surface area contributed by atoms with Crippen molar-refractivity contribution in [1.29, 1.82) is 0 Å². The molecule has 2 aliphatic rings. The summed E-state index contributed by atoms with van der Waals surface area (Å²) in [5.74, 6) is -0.877. The topological polar surface area (TPSA) is 56.9 Å². The number of benzene rings is 3. The highest BCUT2D eigenvalue weighted by molar-refractivity contribution is 7.13. The number of aromatic nitrogens is 3. The standard InChI is InChI=1S/C33H22ClF3N3O2S/c1-39-29(33(35,36)37)28(31(41)40(32(39)42)19-10-14-27(34)26(17-19)30-38-15-16-43-30)25-8-4-7-21-23-11-9-18-5-2-3-6-20(18)22(23)12-13-24(21)25/h2-3,5-7,10-14,16-17,25H,4,8-9H2,1H3. The minimum atomic E-state index is -4.94. The Morgan fingerprint density at radius 2 is 1.81 bits per heavy atom. The highest BCUT2D eigenvalue weighted by Crippen LogP contribution is 2.38. The molecule has 43 heavy (non-hydrogen) atoms. The van der Waals surface area contributed by atoms with Crippen LogP contribution in [0, 0.1) is 6.20 Å². The van der Waals surface area contributed by atoms with E-state index in [2.05, 4.69) is 23.3 Å². The molecule has 2 aromatic heterocycles. The fourth-order valence-electron chi connectivity index (χ4n) is 6.42. The van der Waals surface area contributed by atoms with Gasteiger partial charge in [-0.2, -0.15) is 13.2 Å². The van der Waals surface area contributed by atoms with Crippen molar-refractivity contribution in [3.63, 3.8) is 0 Å². The molecule has 0 saturated carbocycles. The van der Waals surface area contributed by atoms with E-state index >= 15 is 0 Å². The smallest absolute Gasteiger partial charge is 0.292 e. The zero-order valence-electron chi connectivity index (χ0n) is 22.7. The number of hydrogen-bond donors (Lipinski definition) is 0. The SMILES string of the molecule is Cn1c(C(F)(F)F)c(C2CCC=c3c2ccc2c3=CCc3ccccc3-2)c(=O)n(-c2ccc(Cl)c(-c3n[c]cs3)c2)c1=O. The van der Waals surface area contributed by atoms with E-state index in [0.29, 0.717) is 45.0 Å². The Hall–Kier alpha value is -4.21. The fraction of sp³-hybridized carbons (Fsp3) is 0.182. The molecule has 7 rings (SSSR count). The van der Waals surface area contributed by atoms with Crippen molar-refractivity contribution >= 4 is 35.1 Å². The summed E-state index contributed by atoms with van der Waals surface area (Å²) in [6, 6.07) is 16.3. The molecule has 5 aromatic rings. The molecule has 0 N–H and O–H groups in total. The zero-order chi connectivity index (χ0) is 30.0. The molecule has 0 spiro atoms. The molecule has 1 radical (unpaired) electrons. The molecular formula is C33H22ClF3N3O2S. The molecule has 2 heterocycles. The Labute approximate surface area is 252 Å². The first kappa shape index (κ1) is 27.6. The van der Waals surface area contributed by atoms with Crippen LogP contribution >= 0.6 is 22.9 Å². The van der Waals surface area contributed by atoms with Crippen LogP contribution in [0.2, 0.25) is 5.02 Å². The molecule has 0 aliphatic heterocycles. The van der Waals surface area contributed by atoms with E-state index in [1.165, 1.54) is 35.1 Å². The van der Waals surface area contributed by atoms with Gasteiger partial charge in [-0.3, -0.25) is 9.36 Å². The van der Waals surface area contributed by atoms with Crippen molar-refractivity contribution in [1.82, 2.24) is 14.1 Å². The van der Waals surface area contributed by atoms with Crippen molar-refractivity contribution in [2.45, 2.75) is 31.4 Å². The van der Waals surface area contributed by atoms with Gasteiger partial charge in [-0.05, 0) is 70.2 Å². The first-order valence-electron chi connectivity index (χ1n) is 13.6. The number of alkyl halides is 3. The van der Waals surface area contributed by atoms with Crippen LogP contribution in [0.3, 0.4) is 0 Å². The second kappa shape index (κ2) is 10.2. The van der Waals surface area contributed by atoms with E-state index < -0.39 is 34.6 Å². The molecule has 215 valence electrons. The lowest BCUT2D eigenvalue weighted by atomic mass is 9.79. The molecule has 0 saturated heterocycles. The summed E-state index contributed by atoms with van der Waals surface area (Å²) in [6.07, 6.45) is 3.38. The van der Waals surface area contributed by atoms with Gasteiger partial charge in [-0.15, -0.1) is 11.3 Å². The van der Waals surface area contributed by atoms with Crippen LogP contribution in [0.5, 0.6) is 0 Å². The van der Waals surface area contributed by atoms with Gasteiger partial charge in [0, 0.05) is 23.9 Å². The van der Waals surface area contributed by atoms with E-state index in [0.717, 1.165) is 33.2 Å². The van der Waals surface area contributed by atoms with Gasteiger partial charge < -0.3 is 0 Å². The number of hydrogen-bond acceptors (Lipinski definition) is 4. The summed E-state index contributed by atoms with van der Waals surface area (Å²) in [5, 5.41) is 4.25. The number of halogens is 4. The van der Waals surface area contributed by atoms with Crippen molar-refractivity contribution < 1.29 is 13.2 Å². The molecule has 1 atom stereocenters. The molecule has 1 unspecified atom stereocenters. The van der Waals surface area contributed by atoms with Crippen LogP contribution in [0.25, 0.3) is 39.5 Å². The zero-order valence-corrected chi connectivity index (χ0v) is 24.3. The molecular weight excluding hydrogens is 595 g/mol. The van der Waals surface area contributed by atoms with E-state index in [9.17, 15) is 22.8 Å². The maximum absolute atomic E-state index is 14.7. The van der Waals surface area contributed by atoms with E-state index in [1.54, 1.807) is 5.38 Å². The van der Waals surface area contributed by atoms with Gasteiger partial charge in [0.05, 0.1) is 16.3 Å². The van der Waals surface area contributed by atoms with Crippen molar-refractivity contribution in [3.05, 3.63) is 125 Å². The van der Waals surface area contributed by atoms with Crippen LogP contribution in [-0.2, 0) is 19.6 Å². The van der Waals surface area contributed by atoms with Crippen LogP contribution in [0.15, 0.2) is 69.6 Å². The molecule has 3 aromatic carbocycles. The monoisotopic (exact) mass is 616 g/mol. The van der Waals surface area contributed by atoms with Gasteiger partial charge in [0.15, 0.2) is 0 Å². The van der Waals surface area contributed by atoms with Crippen molar-refractivity contribution in [3.8, 4) is 27.4 Å². The largest absolute Gasteiger partial charge is 0.432 e. The van der Waals surface area contributed by atoms with Gasteiger partial charge in [-0.1, -0.05) is 60.2 Å². The average molecular weight is 617 g/mol. The van der Waals surface area contributed by atoms with Gasteiger partial charge >= 0.3 is 11.9 Å². The summed E-state index contributed by atoms with van der Waals surface area (Å²) in [7, 11) is 1.06. The van der Waals surface area contributed by atoms with Gasteiger partial charge in [0.2, 0.25) is 0 Å². The molecule has 10 heteroatoms. The molecule has 0 bridgehead atoms. The van der Waals surface area contributed by atoms with Crippen molar-refractivity contribution in [2.75, 3.05) is 0 Å². The van der Waals surface area contributed by atoms with Gasteiger partial charge in [-0.25, -0.2) is 14.3 Å². The number of thiazole rings is 1. The quantitative estimate of drug-likeness (QED) is 0.256. The van der Waals surface area contributed by atoms with Crippen LogP contribution in [-0.4, -0.2) is 14.1 Å². The predicted octanol–water partition coefficient (Wildman–Crippen LogP) is 5.84. The Bertz CT molecular complexity index is 2180. The normalized spacial score (nSPS) is 15.6. The number of nitrogens with zero attached hydrogens (tertiary/aromatic N) is 3. The third kappa shape index (κ3) is 4.41. The van der Waals surface area contributed by atoms with Gasteiger partial charge in [0.1, 0.15) is 16.9 Å². The summed E-state index contributed by atoms with van der Waals surface area (Å²) >= 11 is 7.66. The highest BCUT2D eigenvalue weighted by Gasteiger charge is 2.42. The third-order valence-corrected chi connectivity index (χ3v) is 9.37. The van der Waals surface area contributed by atoms with Gasteiger partial charge in [0.25, 0.3) is 5.56 Å². The summed E-state index contributed by atoms with van der Waals surface area (Å²) < 4.78 is 45.5. The number of rotatable bonds is 3. The summed E-state index contributed by atoms with van der Waals surface area (Å²) in [4.78, 5) is 31.9. The lowest BCUT2D eigenvalue weighted by Gasteiger charge is -2.27. The Balaban J connectivity index is 1.49. The van der Waals surface area contributed by atoms with E-state index in [4.69, 9.17) is 11.6 Å².